The first kappa shape index (κ1) is 16.6. The normalized spacial score (nSPS) is 11.1. The van der Waals surface area contributed by atoms with Crippen LogP contribution in [0.2, 0.25) is 0 Å². The van der Waals surface area contributed by atoms with Crippen molar-refractivity contribution in [3.8, 4) is 0 Å². The van der Waals surface area contributed by atoms with E-state index in [4.69, 9.17) is 0 Å². The molecule has 0 saturated heterocycles. The van der Waals surface area contributed by atoms with Crippen molar-refractivity contribution in [2.24, 2.45) is 0 Å². The average molecular weight is 256 g/mol. The molecular formula is C13H24N2O3. The van der Waals surface area contributed by atoms with Crippen molar-refractivity contribution in [1.82, 2.24) is 5.32 Å². The van der Waals surface area contributed by atoms with Crippen molar-refractivity contribution in [2.45, 2.75) is 26.2 Å². The van der Waals surface area contributed by atoms with Crippen molar-refractivity contribution in [2.75, 3.05) is 33.7 Å². The van der Waals surface area contributed by atoms with Gasteiger partial charge in [0.05, 0.1) is 33.7 Å². The van der Waals surface area contributed by atoms with Crippen LogP contribution in [-0.4, -0.2) is 50.1 Å². The number of hydrogen-bond acceptors (Lipinski definition) is 3. The summed E-state index contributed by atoms with van der Waals surface area (Å²) >= 11 is 0. The van der Waals surface area contributed by atoms with E-state index in [-0.39, 0.29) is 12.3 Å². The molecule has 0 aromatic carbocycles. The molecule has 18 heavy (non-hydrogen) atoms. The van der Waals surface area contributed by atoms with E-state index in [1.165, 1.54) is 0 Å². The monoisotopic (exact) mass is 256 g/mol. The van der Waals surface area contributed by atoms with Gasteiger partial charge in [0.15, 0.2) is 0 Å². The van der Waals surface area contributed by atoms with Gasteiger partial charge in [-0.3, -0.25) is 4.79 Å². The highest BCUT2D eigenvalue weighted by molar-refractivity contribution is 5.91. The van der Waals surface area contributed by atoms with Crippen molar-refractivity contribution in [1.29, 1.82) is 0 Å². The van der Waals surface area contributed by atoms with E-state index in [1.54, 1.807) is 6.92 Å². The first-order valence-corrected chi connectivity index (χ1v) is 6.20. The number of rotatable bonds is 9. The number of nitrogens with zero attached hydrogens (tertiary/aromatic N) is 1. The maximum atomic E-state index is 11.3. The third-order valence-electron chi connectivity index (χ3n) is 2.78. The molecule has 1 N–H and O–H groups in total. The lowest BCUT2D eigenvalue weighted by molar-refractivity contribution is -0.889. The topological polar surface area (TPSA) is 69.2 Å². The van der Waals surface area contributed by atoms with Gasteiger partial charge in [-0.05, 0) is 26.2 Å². The molecule has 0 rings (SSSR count). The highest BCUT2D eigenvalue weighted by Gasteiger charge is 2.14. The number of quaternary nitrogens is 1. The maximum Gasteiger partial charge on any atom is 0.246 e. The summed E-state index contributed by atoms with van der Waals surface area (Å²) in [7, 11) is 4.12. The number of nitrogens with one attached hydrogen (secondary N) is 1. The molecule has 0 heterocycles. The minimum Gasteiger partial charge on any atom is -0.550 e. The molecule has 0 unspecified atom stereocenters. The Labute approximate surface area is 109 Å². The first-order chi connectivity index (χ1) is 8.24. The summed E-state index contributed by atoms with van der Waals surface area (Å²) in [6, 6.07) is 0. The highest BCUT2D eigenvalue weighted by Crippen LogP contribution is 2.03. The molecule has 0 aromatic rings. The molecule has 0 aliphatic heterocycles. The Bertz CT molecular complexity index is 311. The van der Waals surface area contributed by atoms with Gasteiger partial charge < -0.3 is 19.7 Å². The SMILES string of the molecule is C=C(C)C(=O)NCC[N+](C)(C)CCCCC(=O)[O-]. The molecule has 0 radical (unpaired) electrons. The summed E-state index contributed by atoms with van der Waals surface area (Å²) in [6.07, 6.45) is 1.60. The van der Waals surface area contributed by atoms with E-state index in [2.05, 4.69) is 26.0 Å². The van der Waals surface area contributed by atoms with Crippen molar-refractivity contribution in [3.63, 3.8) is 0 Å². The first-order valence-electron chi connectivity index (χ1n) is 6.20. The zero-order chi connectivity index (χ0) is 14.2. The van der Waals surface area contributed by atoms with Crippen LogP contribution in [0.15, 0.2) is 12.2 Å². The molecular weight excluding hydrogens is 232 g/mol. The standard InChI is InChI=1S/C13H24N2O3/c1-11(2)13(18)14-8-10-15(3,4)9-6-5-7-12(16)17/h1,5-10H2,2-4H3,(H-,14,16,17,18). The van der Waals surface area contributed by atoms with Crippen LogP contribution in [0.3, 0.4) is 0 Å². The second-order valence-electron chi connectivity index (χ2n) is 5.25. The van der Waals surface area contributed by atoms with E-state index < -0.39 is 5.97 Å². The molecule has 0 aliphatic rings. The fourth-order valence-corrected chi connectivity index (χ4v) is 1.54. The average Bonchev–Trinajstić information content (AvgIpc) is 2.23. The van der Waals surface area contributed by atoms with Gasteiger partial charge in [-0.1, -0.05) is 6.58 Å². The summed E-state index contributed by atoms with van der Waals surface area (Å²) in [4.78, 5) is 21.5. The molecule has 0 fully saturated rings. The van der Waals surface area contributed by atoms with Gasteiger partial charge in [-0.15, -0.1) is 0 Å². The summed E-state index contributed by atoms with van der Waals surface area (Å²) in [5.74, 6) is -1.11. The van der Waals surface area contributed by atoms with Gasteiger partial charge >= 0.3 is 0 Å². The predicted molar refractivity (Wildman–Crippen MR) is 68.5 cm³/mol. The molecule has 0 bridgehead atoms. The number of unbranched alkanes of at least 4 members (excludes halogenated alkanes) is 1. The summed E-state index contributed by atoms with van der Waals surface area (Å²) < 4.78 is 0.753. The Hall–Kier alpha value is -1.36. The lowest BCUT2D eigenvalue weighted by atomic mass is 10.2. The fourth-order valence-electron chi connectivity index (χ4n) is 1.54. The largest absolute Gasteiger partial charge is 0.550 e. The zero-order valence-electron chi connectivity index (χ0n) is 11.6. The van der Waals surface area contributed by atoms with Crippen LogP contribution >= 0.6 is 0 Å². The molecule has 5 nitrogen and oxygen atoms in total. The quantitative estimate of drug-likeness (QED) is 0.349. The fraction of sp³-hybridized carbons (Fsp3) is 0.692. The number of carbonyl (C=O) groups excluding carboxylic acids is 2. The maximum absolute atomic E-state index is 11.3. The summed E-state index contributed by atoms with van der Waals surface area (Å²) in [5, 5.41) is 13.1. The molecule has 0 spiro atoms. The molecule has 0 aromatic heterocycles. The van der Waals surface area contributed by atoms with Crippen molar-refractivity contribution >= 4 is 11.9 Å². The molecule has 5 heteroatoms. The van der Waals surface area contributed by atoms with E-state index in [1.807, 2.05) is 0 Å². The summed E-state index contributed by atoms with van der Waals surface area (Å²) in [6.45, 7) is 7.54. The van der Waals surface area contributed by atoms with Crippen LogP contribution in [-0.2, 0) is 9.59 Å². The Morgan fingerprint density at radius 2 is 1.83 bits per heavy atom. The van der Waals surface area contributed by atoms with E-state index in [0.717, 1.165) is 24.0 Å². The third-order valence-corrected chi connectivity index (χ3v) is 2.78. The Balaban J connectivity index is 3.76. The van der Waals surface area contributed by atoms with Crippen LogP contribution in [0.4, 0.5) is 0 Å². The Kier molecular flexibility index (Phi) is 7.27. The number of carboxylic acids is 1. The van der Waals surface area contributed by atoms with Crippen molar-refractivity contribution in [3.05, 3.63) is 12.2 Å². The zero-order valence-corrected chi connectivity index (χ0v) is 11.6. The minimum absolute atomic E-state index is 0.117. The Morgan fingerprint density at radius 3 is 2.33 bits per heavy atom. The number of carbonyl (C=O) groups is 2. The molecule has 104 valence electrons. The van der Waals surface area contributed by atoms with Crippen LogP contribution in [0.25, 0.3) is 0 Å². The predicted octanol–water partition coefficient (Wildman–Crippen LogP) is -0.325. The van der Waals surface area contributed by atoms with Gasteiger partial charge in [0.1, 0.15) is 0 Å². The lowest BCUT2D eigenvalue weighted by Crippen LogP contribution is -2.46. The van der Waals surface area contributed by atoms with Gasteiger partial charge in [-0.25, -0.2) is 0 Å². The highest BCUT2D eigenvalue weighted by atomic mass is 16.4. The van der Waals surface area contributed by atoms with Crippen molar-refractivity contribution < 1.29 is 19.2 Å². The molecule has 0 saturated carbocycles. The number of carboxylic acid groups (broad SMARTS) is 1. The van der Waals surface area contributed by atoms with Crippen LogP contribution in [0.5, 0.6) is 0 Å². The van der Waals surface area contributed by atoms with Gasteiger partial charge in [0, 0.05) is 11.5 Å². The number of likely N-dealkylation sites (N-methyl/N-ethyl adjacent to an activating group) is 1. The second-order valence-corrected chi connectivity index (χ2v) is 5.25. The lowest BCUT2D eigenvalue weighted by Gasteiger charge is -2.30. The van der Waals surface area contributed by atoms with E-state index in [0.29, 0.717) is 18.5 Å². The second kappa shape index (κ2) is 7.87. The van der Waals surface area contributed by atoms with E-state index >= 15 is 0 Å². The molecule has 0 atom stereocenters. The van der Waals surface area contributed by atoms with E-state index in [9.17, 15) is 14.7 Å². The summed E-state index contributed by atoms with van der Waals surface area (Å²) in [5.41, 5.74) is 0.509. The van der Waals surface area contributed by atoms with Crippen LogP contribution in [0, 0.1) is 0 Å². The van der Waals surface area contributed by atoms with Gasteiger partial charge in [0.25, 0.3) is 0 Å². The Morgan fingerprint density at radius 1 is 1.22 bits per heavy atom. The number of amides is 1. The molecule has 1 amide bonds. The van der Waals surface area contributed by atoms with Gasteiger partial charge in [-0.2, -0.15) is 0 Å². The third kappa shape index (κ3) is 8.75. The number of hydrogen-bond donors (Lipinski definition) is 1. The smallest absolute Gasteiger partial charge is 0.246 e. The van der Waals surface area contributed by atoms with Gasteiger partial charge in [0.2, 0.25) is 5.91 Å². The van der Waals surface area contributed by atoms with Crippen LogP contribution in [0.1, 0.15) is 26.2 Å². The number of aliphatic carboxylic acids is 1. The molecule has 0 aliphatic carbocycles. The minimum atomic E-state index is -0.992. The van der Waals surface area contributed by atoms with Crippen LogP contribution < -0.4 is 10.4 Å².